The maximum Gasteiger partial charge on any atom is 0.231 e. The molecule has 6 heteroatoms. The third kappa shape index (κ3) is 3.34. The first kappa shape index (κ1) is 12.7. The fourth-order valence-electron chi connectivity index (χ4n) is 1.16. The second-order valence-corrected chi connectivity index (χ2v) is 5.40. The Balaban J connectivity index is 2.24. The van der Waals surface area contributed by atoms with Gasteiger partial charge >= 0.3 is 0 Å². The molecule has 0 spiro atoms. The quantitative estimate of drug-likeness (QED) is 0.795. The molecule has 0 saturated heterocycles. The van der Waals surface area contributed by atoms with E-state index in [0.717, 1.165) is 9.37 Å². The Bertz CT molecular complexity index is 539. The lowest BCUT2D eigenvalue weighted by Crippen LogP contribution is -1.93. The monoisotopic (exact) mass is 330 g/mol. The van der Waals surface area contributed by atoms with E-state index in [1.807, 2.05) is 24.3 Å². The summed E-state index contributed by atoms with van der Waals surface area (Å²) in [5.41, 5.74) is 0. The summed E-state index contributed by atoms with van der Waals surface area (Å²) < 4.78 is 5.84. The minimum absolute atomic E-state index is 0.518. The van der Waals surface area contributed by atoms with Gasteiger partial charge in [-0.3, -0.25) is 0 Å². The topological polar surface area (TPSA) is 35.0 Å². The summed E-state index contributed by atoms with van der Waals surface area (Å²) >= 11 is 10.6. The summed E-state index contributed by atoms with van der Waals surface area (Å²) in [6, 6.07) is 7.54. The fourth-order valence-corrected chi connectivity index (χ4v) is 2.55. The minimum atomic E-state index is 0.518. The average molecular weight is 332 g/mol. The van der Waals surface area contributed by atoms with Crippen molar-refractivity contribution in [1.29, 1.82) is 0 Å². The predicted molar refractivity (Wildman–Crippen MR) is 71.9 cm³/mol. The first-order valence-corrected chi connectivity index (χ1v) is 6.68. The van der Waals surface area contributed by atoms with Gasteiger partial charge in [-0.1, -0.05) is 17.7 Å². The molecule has 17 heavy (non-hydrogen) atoms. The van der Waals surface area contributed by atoms with E-state index in [2.05, 4.69) is 25.9 Å². The number of ether oxygens (including phenoxy) is 1. The van der Waals surface area contributed by atoms with E-state index >= 15 is 0 Å². The van der Waals surface area contributed by atoms with Gasteiger partial charge in [-0.15, -0.1) is 0 Å². The van der Waals surface area contributed by atoms with Gasteiger partial charge in [0.05, 0.1) is 11.6 Å². The SMILES string of the molecule is COc1nc(Sc2cccc(Cl)c2)ncc1Br. The molecule has 0 aliphatic heterocycles. The minimum Gasteiger partial charge on any atom is -0.480 e. The maximum atomic E-state index is 5.91. The summed E-state index contributed by atoms with van der Waals surface area (Å²) in [5, 5.41) is 1.31. The van der Waals surface area contributed by atoms with Crippen LogP contribution in [0.2, 0.25) is 5.02 Å². The van der Waals surface area contributed by atoms with Crippen molar-refractivity contribution in [2.75, 3.05) is 7.11 Å². The van der Waals surface area contributed by atoms with E-state index in [9.17, 15) is 0 Å². The molecular weight excluding hydrogens is 324 g/mol. The fraction of sp³-hybridized carbons (Fsp3) is 0.0909. The zero-order valence-electron chi connectivity index (χ0n) is 8.85. The van der Waals surface area contributed by atoms with Crippen LogP contribution in [0.15, 0.2) is 45.0 Å². The highest BCUT2D eigenvalue weighted by molar-refractivity contribution is 9.10. The lowest BCUT2D eigenvalue weighted by Gasteiger charge is -2.04. The number of rotatable bonds is 3. The van der Waals surface area contributed by atoms with Crippen LogP contribution < -0.4 is 4.74 Å². The summed E-state index contributed by atoms with van der Waals surface area (Å²) in [4.78, 5) is 9.44. The first-order chi connectivity index (χ1) is 8.19. The number of methoxy groups -OCH3 is 1. The van der Waals surface area contributed by atoms with Gasteiger partial charge in [0.15, 0.2) is 5.16 Å². The normalized spacial score (nSPS) is 10.3. The average Bonchev–Trinajstić information content (AvgIpc) is 2.32. The molecule has 2 aromatic rings. The van der Waals surface area contributed by atoms with E-state index < -0.39 is 0 Å². The predicted octanol–water partition coefficient (Wildman–Crippen LogP) is 4.05. The second-order valence-electron chi connectivity index (χ2n) is 3.07. The standard InChI is InChI=1S/C11H8BrClN2OS/c1-16-10-9(12)6-14-11(15-10)17-8-4-2-3-7(13)5-8/h2-6H,1H3. The zero-order valence-corrected chi connectivity index (χ0v) is 12.0. The van der Waals surface area contributed by atoms with Crippen molar-refractivity contribution in [2.24, 2.45) is 0 Å². The number of halogens is 2. The van der Waals surface area contributed by atoms with Crippen molar-refractivity contribution in [3.05, 3.63) is 40.0 Å². The van der Waals surface area contributed by atoms with Crippen LogP contribution in [0.3, 0.4) is 0 Å². The van der Waals surface area contributed by atoms with Gasteiger partial charge < -0.3 is 4.74 Å². The summed E-state index contributed by atoms with van der Waals surface area (Å²) in [7, 11) is 1.57. The molecule has 0 N–H and O–H groups in total. The van der Waals surface area contributed by atoms with Crippen LogP contribution in [0, 0.1) is 0 Å². The number of hydrogen-bond acceptors (Lipinski definition) is 4. The highest BCUT2D eigenvalue weighted by Crippen LogP contribution is 2.29. The lowest BCUT2D eigenvalue weighted by molar-refractivity contribution is 0.389. The van der Waals surface area contributed by atoms with E-state index in [4.69, 9.17) is 16.3 Å². The van der Waals surface area contributed by atoms with Crippen LogP contribution in [-0.2, 0) is 0 Å². The highest BCUT2D eigenvalue weighted by Gasteiger charge is 2.06. The molecule has 0 saturated carbocycles. The van der Waals surface area contributed by atoms with Gasteiger partial charge in [0.1, 0.15) is 0 Å². The maximum absolute atomic E-state index is 5.91. The third-order valence-corrected chi connectivity index (χ3v) is 3.54. The Morgan fingerprint density at radius 3 is 2.94 bits per heavy atom. The molecule has 0 atom stereocenters. The molecule has 0 unspecified atom stereocenters. The summed E-state index contributed by atoms with van der Waals surface area (Å²) in [6.45, 7) is 0. The Morgan fingerprint density at radius 2 is 2.24 bits per heavy atom. The van der Waals surface area contributed by atoms with Crippen LogP contribution in [0.25, 0.3) is 0 Å². The van der Waals surface area contributed by atoms with Crippen LogP contribution in [-0.4, -0.2) is 17.1 Å². The van der Waals surface area contributed by atoms with Gasteiger partial charge in [0.25, 0.3) is 0 Å². The molecule has 88 valence electrons. The Kier molecular flexibility index (Phi) is 4.25. The van der Waals surface area contributed by atoms with Gasteiger partial charge in [0, 0.05) is 16.1 Å². The van der Waals surface area contributed by atoms with Crippen molar-refractivity contribution >= 4 is 39.3 Å². The molecule has 0 aliphatic carbocycles. The third-order valence-electron chi connectivity index (χ3n) is 1.89. The van der Waals surface area contributed by atoms with Crippen molar-refractivity contribution in [2.45, 2.75) is 10.1 Å². The Labute approximate surface area is 117 Å². The van der Waals surface area contributed by atoms with Crippen molar-refractivity contribution in [3.63, 3.8) is 0 Å². The number of benzene rings is 1. The second kappa shape index (κ2) is 5.71. The zero-order chi connectivity index (χ0) is 12.3. The molecule has 1 aromatic carbocycles. The van der Waals surface area contributed by atoms with Crippen LogP contribution in [0.4, 0.5) is 0 Å². The van der Waals surface area contributed by atoms with E-state index in [1.165, 1.54) is 11.8 Å². The molecule has 3 nitrogen and oxygen atoms in total. The molecule has 2 rings (SSSR count). The summed E-state index contributed by atoms with van der Waals surface area (Å²) in [6.07, 6.45) is 1.67. The van der Waals surface area contributed by atoms with Gasteiger partial charge in [-0.25, -0.2) is 4.98 Å². The van der Waals surface area contributed by atoms with E-state index in [1.54, 1.807) is 13.3 Å². The Hall–Kier alpha value is -0.780. The molecule has 1 aromatic heterocycles. The summed E-state index contributed by atoms with van der Waals surface area (Å²) in [5.74, 6) is 0.518. The van der Waals surface area contributed by atoms with Gasteiger partial charge in [-0.2, -0.15) is 4.98 Å². The lowest BCUT2D eigenvalue weighted by atomic mass is 10.4. The van der Waals surface area contributed by atoms with Crippen LogP contribution in [0.1, 0.15) is 0 Å². The molecule has 0 aliphatic rings. The number of hydrogen-bond donors (Lipinski definition) is 0. The molecule has 0 bridgehead atoms. The first-order valence-electron chi connectivity index (χ1n) is 4.69. The van der Waals surface area contributed by atoms with E-state index in [0.29, 0.717) is 16.1 Å². The van der Waals surface area contributed by atoms with Crippen molar-refractivity contribution in [3.8, 4) is 5.88 Å². The van der Waals surface area contributed by atoms with Crippen molar-refractivity contribution in [1.82, 2.24) is 9.97 Å². The Morgan fingerprint density at radius 1 is 1.41 bits per heavy atom. The van der Waals surface area contributed by atoms with Crippen LogP contribution in [0.5, 0.6) is 5.88 Å². The number of nitrogens with zero attached hydrogens (tertiary/aromatic N) is 2. The van der Waals surface area contributed by atoms with Crippen molar-refractivity contribution < 1.29 is 4.74 Å². The smallest absolute Gasteiger partial charge is 0.231 e. The van der Waals surface area contributed by atoms with E-state index in [-0.39, 0.29) is 0 Å². The van der Waals surface area contributed by atoms with Crippen LogP contribution >= 0.6 is 39.3 Å². The largest absolute Gasteiger partial charge is 0.480 e. The molecular formula is C11H8BrClN2OS. The van der Waals surface area contributed by atoms with Gasteiger partial charge in [-0.05, 0) is 45.9 Å². The molecule has 0 radical (unpaired) electrons. The highest BCUT2D eigenvalue weighted by atomic mass is 79.9. The van der Waals surface area contributed by atoms with Gasteiger partial charge in [0.2, 0.25) is 5.88 Å². The molecule has 0 amide bonds. The molecule has 0 fully saturated rings. The molecule has 1 heterocycles. The number of aromatic nitrogens is 2.